The van der Waals surface area contributed by atoms with Gasteiger partial charge in [-0.15, -0.1) is 0 Å². The zero-order valence-electron chi connectivity index (χ0n) is 15.7. The number of carbonyl (C=O) groups is 1. The predicted octanol–water partition coefficient (Wildman–Crippen LogP) is 2.52. The van der Waals surface area contributed by atoms with E-state index < -0.39 is 0 Å². The first-order valence-corrected chi connectivity index (χ1v) is 9.55. The van der Waals surface area contributed by atoms with Crippen LogP contribution < -0.4 is 16.4 Å². The normalized spacial score (nSPS) is 23.2. The summed E-state index contributed by atoms with van der Waals surface area (Å²) < 4.78 is 0. The average Bonchev–Trinajstić information content (AvgIpc) is 3.18. The van der Waals surface area contributed by atoms with E-state index in [1.54, 1.807) is 18.6 Å². The number of nitrogen functional groups attached to an aromatic ring is 1. The molecule has 1 amide bonds. The molecule has 0 unspecified atom stereocenters. The first kappa shape index (κ1) is 17.1. The number of fused-ring (bicyclic) bond motifs is 1. The fourth-order valence-electron chi connectivity index (χ4n) is 4.28. The summed E-state index contributed by atoms with van der Waals surface area (Å²) in [7, 11) is 0. The van der Waals surface area contributed by atoms with Gasteiger partial charge in [0.05, 0.1) is 5.69 Å². The summed E-state index contributed by atoms with van der Waals surface area (Å²) in [5, 5.41) is 8.01. The number of hydrogen-bond donors (Lipinski definition) is 3. The number of amides is 1. The maximum Gasteiger partial charge on any atom is 0.229 e. The summed E-state index contributed by atoms with van der Waals surface area (Å²) in [5.74, 6) is 1.10. The van der Waals surface area contributed by atoms with Gasteiger partial charge in [-0.2, -0.15) is 0 Å². The summed E-state index contributed by atoms with van der Waals surface area (Å²) in [6.45, 7) is 3.95. The molecule has 0 aromatic carbocycles. The molecule has 3 aromatic heterocycles. The third-order valence-electron chi connectivity index (χ3n) is 6.09. The number of nitrogens with one attached hydrogen (secondary N) is 2. The minimum absolute atomic E-state index is 0.0564. The van der Waals surface area contributed by atoms with Crippen molar-refractivity contribution in [3.8, 4) is 11.3 Å². The highest BCUT2D eigenvalue weighted by atomic mass is 16.2. The summed E-state index contributed by atoms with van der Waals surface area (Å²) in [5.41, 5.74) is 9.11. The standard InChI is InChI=1S/C21H22N6O/c1-12-2-4-23-9-14(12)17-6-13-7-18(25-10-15(13)19(22)26-17)27-20(28)16-8-21(16)3-5-24-11-21/h2,4,6-7,9-10,16,24H,3,5,8,11H2,1H3,(H2,22,26)(H,25,27,28)/t16-,21-/m1/s1. The van der Waals surface area contributed by atoms with Gasteiger partial charge in [-0.05, 0) is 60.9 Å². The Bertz CT molecular complexity index is 1090. The fourth-order valence-corrected chi connectivity index (χ4v) is 4.28. The lowest BCUT2D eigenvalue weighted by molar-refractivity contribution is -0.118. The van der Waals surface area contributed by atoms with E-state index in [9.17, 15) is 4.79 Å². The molecule has 5 rings (SSSR count). The number of nitrogens with two attached hydrogens (primary N) is 1. The third kappa shape index (κ3) is 2.79. The number of anilines is 2. The van der Waals surface area contributed by atoms with Crippen molar-refractivity contribution in [3.63, 3.8) is 0 Å². The zero-order chi connectivity index (χ0) is 19.3. The number of aromatic nitrogens is 3. The Kier molecular flexibility index (Phi) is 3.80. The molecule has 0 bridgehead atoms. The summed E-state index contributed by atoms with van der Waals surface area (Å²) in [6, 6.07) is 5.77. The van der Waals surface area contributed by atoms with Crippen LogP contribution in [0.3, 0.4) is 0 Å². The van der Waals surface area contributed by atoms with Crippen LogP contribution in [-0.4, -0.2) is 33.9 Å². The molecule has 142 valence electrons. The molecule has 2 atom stereocenters. The average molecular weight is 374 g/mol. The molecular formula is C21H22N6O. The van der Waals surface area contributed by atoms with Gasteiger partial charge in [-0.1, -0.05) is 0 Å². The molecule has 1 spiro atoms. The van der Waals surface area contributed by atoms with Gasteiger partial charge in [-0.3, -0.25) is 9.78 Å². The fraction of sp³-hybridized carbons (Fsp3) is 0.333. The molecule has 2 aliphatic rings. The number of carbonyl (C=O) groups excluding carboxylic acids is 1. The van der Waals surface area contributed by atoms with Crippen LogP contribution in [0.15, 0.2) is 36.8 Å². The molecule has 28 heavy (non-hydrogen) atoms. The Balaban J connectivity index is 1.45. The largest absolute Gasteiger partial charge is 0.383 e. The first-order chi connectivity index (χ1) is 13.6. The van der Waals surface area contributed by atoms with Crippen molar-refractivity contribution in [3.05, 3.63) is 42.4 Å². The van der Waals surface area contributed by atoms with Crippen LogP contribution in [0.4, 0.5) is 11.6 Å². The third-order valence-corrected chi connectivity index (χ3v) is 6.09. The van der Waals surface area contributed by atoms with E-state index in [4.69, 9.17) is 5.73 Å². The highest BCUT2D eigenvalue weighted by Gasteiger charge is 2.58. The van der Waals surface area contributed by atoms with Crippen molar-refractivity contribution >= 4 is 28.3 Å². The topological polar surface area (TPSA) is 106 Å². The van der Waals surface area contributed by atoms with Gasteiger partial charge in [0.2, 0.25) is 5.91 Å². The minimum atomic E-state index is 0.0564. The molecular weight excluding hydrogens is 352 g/mol. The van der Waals surface area contributed by atoms with Crippen LogP contribution in [0.5, 0.6) is 0 Å². The second-order valence-electron chi connectivity index (χ2n) is 7.91. The number of rotatable bonds is 3. The monoisotopic (exact) mass is 374 g/mol. The van der Waals surface area contributed by atoms with E-state index in [-0.39, 0.29) is 17.2 Å². The Labute approximate surface area is 162 Å². The van der Waals surface area contributed by atoms with Crippen molar-refractivity contribution in [2.24, 2.45) is 11.3 Å². The maximum atomic E-state index is 12.6. The number of pyridine rings is 3. The number of nitrogens with zero attached hydrogens (tertiary/aromatic N) is 3. The molecule has 0 radical (unpaired) electrons. The molecule has 1 saturated carbocycles. The van der Waals surface area contributed by atoms with E-state index in [1.165, 1.54) is 0 Å². The number of hydrogen-bond acceptors (Lipinski definition) is 6. The van der Waals surface area contributed by atoms with Crippen molar-refractivity contribution in [2.75, 3.05) is 24.1 Å². The van der Waals surface area contributed by atoms with Crippen molar-refractivity contribution in [2.45, 2.75) is 19.8 Å². The van der Waals surface area contributed by atoms with E-state index in [0.29, 0.717) is 11.6 Å². The van der Waals surface area contributed by atoms with Crippen molar-refractivity contribution < 1.29 is 4.79 Å². The molecule has 7 nitrogen and oxygen atoms in total. The van der Waals surface area contributed by atoms with Gasteiger partial charge in [-0.25, -0.2) is 9.97 Å². The lowest BCUT2D eigenvalue weighted by Gasteiger charge is -2.11. The molecule has 7 heteroatoms. The van der Waals surface area contributed by atoms with Gasteiger partial charge in [0, 0.05) is 42.0 Å². The Morgan fingerprint density at radius 3 is 3.04 bits per heavy atom. The molecule has 4 N–H and O–H groups in total. The van der Waals surface area contributed by atoms with Gasteiger partial charge in [0.25, 0.3) is 0 Å². The van der Waals surface area contributed by atoms with Crippen LogP contribution in [0.25, 0.3) is 22.0 Å². The second kappa shape index (κ2) is 6.24. The van der Waals surface area contributed by atoms with Crippen molar-refractivity contribution in [1.82, 2.24) is 20.3 Å². The molecule has 3 aromatic rings. The highest BCUT2D eigenvalue weighted by molar-refractivity contribution is 5.98. The van der Waals surface area contributed by atoms with E-state index in [2.05, 4.69) is 25.6 Å². The summed E-state index contributed by atoms with van der Waals surface area (Å²) >= 11 is 0. The Morgan fingerprint density at radius 2 is 2.25 bits per heavy atom. The molecule has 1 aliphatic heterocycles. The SMILES string of the molecule is Cc1ccncc1-c1cc2cc(NC(=O)[C@H]3C[C@@]34CCNC4)ncc2c(N)n1. The van der Waals surface area contributed by atoms with Crippen LogP contribution in [0.2, 0.25) is 0 Å². The molecule has 1 aliphatic carbocycles. The van der Waals surface area contributed by atoms with Gasteiger partial charge in [0.15, 0.2) is 0 Å². The second-order valence-corrected chi connectivity index (χ2v) is 7.91. The first-order valence-electron chi connectivity index (χ1n) is 9.55. The van der Waals surface area contributed by atoms with Crippen LogP contribution in [0.1, 0.15) is 18.4 Å². The van der Waals surface area contributed by atoms with Crippen LogP contribution >= 0.6 is 0 Å². The van der Waals surface area contributed by atoms with E-state index >= 15 is 0 Å². The molecule has 1 saturated heterocycles. The van der Waals surface area contributed by atoms with E-state index in [1.807, 2.05) is 25.1 Å². The molecule has 2 fully saturated rings. The summed E-state index contributed by atoms with van der Waals surface area (Å²) in [6.07, 6.45) is 7.25. The lowest BCUT2D eigenvalue weighted by atomic mass is 10.0. The van der Waals surface area contributed by atoms with Gasteiger partial charge < -0.3 is 16.4 Å². The lowest BCUT2D eigenvalue weighted by Crippen LogP contribution is -2.20. The Morgan fingerprint density at radius 1 is 1.36 bits per heavy atom. The van der Waals surface area contributed by atoms with Gasteiger partial charge in [0.1, 0.15) is 11.6 Å². The highest BCUT2D eigenvalue weighted by Crippen LogP contribution is 2.56. The van der Waals surface area contributed by atoms with Crippen LogP contribution in [-0.2, 0) is 4.79 Å². The van der Waals surface area contributed by atoms with Gasteiger partial charge >= 0.3 is 0 Å². The molecule has 4 heterocycles. The Hall–Kier alpha value is -3.06. The number of aryl methyl sites for hydroxylation is 1. The minimum Gasteiger partial charge on any atom is -0.383 e. The van der Waals surface area contributed by atoms with Crippen molar-refractivity contribution in [1.29, 1.82) is 0 Å². The van der Waals surface area contributed by atoms with Crippen LogP contribution in [0, 0.1) is 18.3 Å². The maximum absolute atomic E-state index is 12.6. The predicted molar refractivity (Wildman–Crippen MR) is 109 cm³/mol. The summed E-state index contributed by atoms with van der Waals surface area (Å²) in [4.78, 5) is 25.7. The van der Waals surface area contributed by atoms with E-state index in [0.717, 1.165) is 53.5 Å². The quantitative estimate of drug-likeness (QED) is 0.650. The zero-order valence-corrected chi connectivity index (χ0v) is 15.7. The smallest absolute Gasteiger partial charge is 0.229 e.